The Morgan fingerprint density at radius 1 is 1.23 bits per heavy atom. The van der Waals surface area contributed by atoms with E-state index in [1.54, 1.807) is 12.1 Å². The highest BCUT2D eigenvalue weighted by atomic mass is 16.5. The minimum atomic E-state index is -0.553. The average molecular weight is 293 g/mol. The Morgan fingerprint density at radius 2 is 2.05 bits per heavy atom. The van der Waals surface area contributed by atoms with Crippen molar-refractivity contribution in [1.82, 2.24) is 9.97 Å². The summed E-state index contributed by atoms with van der Waals surface area (Å²) in [5.74, 6) is 0.0332. The van der Waals surface area contributed by atoms with Crippen LogP contribution in [0.5, 0.6) is 5.75 Å². The minimum Gasteiger partial charge on any atom is -0.487 e. The van der Waals surface area contributed by atoms with Crippen LogP contribution in [0.3, 0.4) is 0 Å². The Hall–Kier alpha value is -2.95. The summed E-state index contributed by atoms with van der Waals surface area (Å²) in [5, 5.41) is 1.06. The van der Waals surface area contributed by atoms with Crippen LogP contribution >= 0.6 is 0 Å². The number of carbonyl (C=O) groups excluding carboxylic acids is 1. The second kappa shape index (κ2) is 5.81. The van der Waals surface area contributed by atoms with Crippen LogP contribution in [0, 0.1) is 6.92 Å². The molecule has 0 aliphatic rings. The minimum absolute atomic E-state index is 0.220. The first-order chi connectivity index (χ1) is 10.6. The molecule has 5 heteroatoms. The molecule has 110 valence electrons. The fourth-order valence-electron chi connectivity index (χ4n) is 2.29. The number of hydrogen-bond acceptors (Lipinski definition) is 4. The van der Waals surface area contributed by atoms with E-state index in [9.17, 15) is 4.79 Å². The van der Waals surface area contributed by atoms with E-state index in [-0.39, 0.29) is 5.69 Å². The van der Waals surface area contributed by atoms with Crippen LogP contribution in [0.2, 0.25) is 0 Å². The van der Waals surface area contributed by atoms with Gasteiger partial charge in [0.05, 0.1) is 11.7 Å². The van der Waals surface area contributed by atoms with Crippen LogP contribution in [0.1, 0.15) is 21.7 Å². The number of aromatic nitrogens is 2. The van der Waals surface area contributed by atoms with E-state index in [0.29, 0.717) is 12.4 Å². The molecule has 0 saturated heterocycles. The van der Waals surface area contributed by atoms with E-state index in [2.05, 4.69) is 9.97 Å². The average Bonchev–Trinajstić information content (AvgIpc) is 2.52. The molecular formula is C17H15N3O2. The van der Waals surface area contributed by atoms with Gasteiger partial charge in [-0.15, -0.1) is 0 Å². The lowest BCUT2D eigenvalue weighted by atomic mass is 10.1. The number of nitrogens with two attached hydrogens (primary N) is 1. The number of primary amides is 1. The Bertz CT molecular complexity index is 829. The normalized spacial score (nSPS) is 10.6. The van der Waals surface area contributed by atoms with Crippen LogP contribution in [0.15, 0.2) is 48.7 Å². The second-order valence-electron chi connectivity index (χ2n) is 4.97. The quantitative estimate of drug-likeness (QED) is 0.802. The molecule has 22 heavy (non-hydrogen) atoms. The van der Waals surface area contributed by atoms with E-state index >= 15 is 0 Å². The van der Waals surface area contributed by atoms with Crippen molar-refractivity contribution in [2.75, 3.05) is 0 Å². The zero-order valence-corrected chi connectivity index (χ0v) is 12.1. The molecule has 3 aromatic rings. The maximum absolute atomic E-state index is 11.0. The smallest absolute Gasteiger partial charge is 0.267 e. The van der Waals surface area contributed by atoms with Crippen molar-refractivity contribution >= 4 is 16.8 Å². The van der Waals surface area contributed by atoms with Gasteiger partial charge in [0, 0.05) is 16.6 Å². The van der Waals surface area contributed by atoms with Crippen molar-refractivity contribution in [3.05, 3.63) is 65.6 Å². The molecule has 2 aromatic heterocycles. The molecule has 1 aromatic carbocycles. The zero-order valence-electron chi connectivity index (χ0n) is 12.1. The number of carbonyl (C=O) groups is 1. The molecule has 5 nitrogen and oxygen atoms in total. The molecule has 0 aliphatic heterocycles. The molecule has 1 amide bonds. The molecule has 2 N–H and O–H groups in total. The highest BCUT2D eigenvalue weighted by molar-refractivity contribution is 5.90. The molecular weight excluding hydrogens is 278 g/mol. The van der Waals surface area contributed by atoms with Gasteiger partial charge in [-0.1, -0.05) is 18.2 Å². The van der Waals surface area contributed by atoms with Crippen LogP contribution in [-0.2, 0) is 6.61 Å². The van der Waals surface area contributed by atoms with Gasteiger partial charge in [-0.25, -0.2) is 4.98 Å². The van der Waals surface area contributed by atoms with Crippen LogP contribution in [0.4, 0.5) is 0 Å². The predicted octanol–water partition coefficient (Wildman–Crippen LogP) is 2.62. The summed E-state index contributed by atoms with van der Waals surface area (Å²) < 4.78 is 5.75. The summed E-state index contributed by atoms with van der Waals surface area (Å²) in [4.78, 5) is 19.4. The summed E-state index contributed by atoms with van der Waals surface area (Å²) in [6.07, 6.45) is 1.50. The molecule has 2 heterocycles. The van der Waals surface area contributed by atoms with Crippen molar-refractivity contribution in [1.29, 1.82) is 0 Å². The number of para-hydroxylation sites is 1. The standard InChI is InChI=1S/C17H15N3O2/c1-11-8-12(14-4-2-3-5-15(14)20-11)10-22-13-6-7-16(17(18)21)19-9-13/h2-9H,10H2,1H3,(H2,18,21). The van der Waals surface area contributed by atoms with Crippen molar-refractivity contribution in [3.63, 3.8) is 0 Å². The number of rotatable bonds is 4. The lowest BCUT2D eigenvalue weighted by Crippen LogP contribution is -2.12. The molecule has 0 fully saturated rings. The number of benzene rings is 1. The molecule has 0 radical (unpaired) electrons. The van der Waals surface area contributed by atoms with Crippen molar-refractivity contribution in [2.24, 2.45) is 5.73 Å². The number of hydrogen-bond donors (Lipinski definition) is 1. The Balaban J connectivity index is 1.83. The SMILES string of the molecule is Cc1cc(COc2ccc(C(N)=O)nc2)c2ccccc2n1. The van der Waals surface area contributed by atoms with Gasteiger partial charge in [0.15, 0.2) is 0 Å². The number of fused-ring (bicyclic) bond motifs is 1. The van der Waals surface area contributed by atoms with Gasteiger partial charge in [0.2, 0.25) is 0 Å². The number of pyridine rings is 2. The molecule has 0 aliphatic carbocycles. The molecule has 0 spiro atoms. The first-order valence-corrected chi connectivity index (χ1v) is 6.87. The van der Waals surface area contributed by atoms with Crippen LogP contribution < -0.4 is 10.5 Å². The number of ether oxygens (including phenoxy) is 1. The zero-order chi connectivity index (χ0) is 15.5. The van der Waals surface area contributed by atoms with Gasteiger partial charge < -0.3 is 10.5 Å². The summed E-state index contributed by atoms with van der Waals surface area (Å²) in [7, 11) is 0. The van der Waals surface area contributed by atoms with E-state index in [4.69, 9.17) is 10.5 Å². The van der Waals surface area contributed by atoms with E-state index in [0.717, 1.165) is 22.2 Å². The first-order valence-electron chi connectivity index (χ1n) is 6.87. The van der Waals surface area contributed by atoms with Crippen LogP contribution in [-0.4, -0.2) is 15.9 Å². The number of aryl methyl sites for hydroxylation is 1. The highest BCUT2D eigenvalue weighted by Gasteiger charge is 2.06. The number of amides is 1. The predicted molar refractivity (Wildman–Crippen MR) is 83.6 cm³/mol. The Kier molecular flexibility index (Phi) is 3.70. The highest BCUT2D eigenvalue weighted by Crippen LogP contribution is 2.20. The van der Waals surface area contributed by atoms with Gasteiger partial charge in [0.1, 0.15) is 18.1 Å². The first kappa shape index (κ1) is 14.0. The van der Waals surface area contributed by atoms with E-state index in [1.165, 1.54) is 6.20 Å². The van der Waals surface area contributed by atoms with Gasteiger partial charge >= 0.3 is 0 Å². The van der Waals surface area contributed by atoms with Gasteiger partial charge in [-0.3, -0.25) is 9.78 Å². The summed E-state index contributed by atoms with van der Waals surface area (Å²) in [6.45, 7) is 2.36. The summed E-state index contributed by atoms with van der Waals surface area (Å²) in [6, 6.07) is 13.2. The monoisotopic (exact) mass is 293 g/mol. The summed E-state index contributed by atoms with van der Waals surface area (Å²) in [5.41, 5.74) is 8.33. The van der Waals surface area contributed by atoms with Gasteiger partial charge in [-0.2, -0.15) is 0 Å². The maximum atomic E-state index is 11.0. The lowest BCUT2D eigenvalue weighted by Gasteiger charge is -2.10. The molecule has 0 saturated carbocycles. The topological polar surface area (TPSA) is 78.1 Å². The molecule has 0 unspecified atom stereocenters. The largest absolute Gasteiger partial charge is 0.487 e. The van der Waals surface area contributed by atoms with Gasteiger partial charge in [-0.05, 0) is 31.2 Å². The fraction of sp³-hybridized carbons (Fsp3) is 0.118. The molecule has 3 rings (SSSR count). The maximum Gasteiger partial charge on any atom is 0.267 e. The Morgan fingerprint density at radius 3 is 2.77 bits per heavy atom. The number of nitrogens with zero attached hydrogens (tertiary/aromatic N) is 2. The van der Waals surface area contributed by atoms with Crippen molar-refractivity contribution in [3.8, 4) is 5.75 Å². The molecule has 0 bridgehead atoms. The van der Waals surface area contributed by atoms with Crippen molar-refractivity contribution < 1.29 is 9.53 Å². The fourth-order valence-corrected chi connectivity index (χ4v) is 2.29. The Labute approximate surface area is 127 Å². The third-order valence-electron chi connectivity index (χ3n) is 3.31. The van der Waals surface area contributed by atoms with E-state index in [1.807, 2.05) is 37.3 Å². The second-order valence-corrected chi connectivity index (χ2v) is 4.97. The van der Waals surface area contributed by atoms with Crippen LogP contribution in [0.25, 0.3) is 10.9 Å². The van der Waals surface area contributed by atoms with Crippen molar-refractivity contribution in [2.45, 2.75) is 13.5 Å². The third-order valence-corrected chi connectivity index (χ3v) is 3.31. The molecule has 0 atom stereocenters. The van der Waals surface area contributed by atoms with Gasteiger partial charge in [0.25, 0.3) is 5.91 Å². The summed E-state index contributed by atoms with van der Waals surface area (Å²) >= 11 is 0. The lowest BCUT2D eigenvalue weighted by molar-refractivity contribution is 0.0995. The van der Waals surface area contributed by atoms with E-state index < -0.39 is 5.91 Å². The third kappa shape index (κ3) is 2.88.